The molecule has 3 aromatic rings. The molecule has 150 valence electrons. The van der Waals surface area contributed by atoms with Gasteiger partial charge in [-0.25, -0.2) is 12.8 Å². The Morgan fingerprint density at radius 2 is 1.82 bits per heavy atom. The number of benzene rings is 2. The van der Waals surface area contributed by atoms with Crippen molar-refractivity contribution in [1.82, 2.24) is 0 Å². The standard InChI is InChI=1S/C18H14ClF4NO2S2/c1-2-28(25,26)24(17-16(19)12-5-3-4-6-15(12)27-17)10-11-7-8-14(20)13(9-11)18(21,22)23/h3-9H,2,10H2,1H3. The third kappa shape index (κ3) is 3.97. The van der Waals surface area contributed by atoms with Crippen molar-refractivity contribution in [1.29, 1.82) is 0 Å². The number of hydrogen-bond donors (Lipinski definition) is 0. The van der Waals surface area contributed by atoms with Crippen LogP contribution in [0.4, 0.5) is 22.6 Å². The van der Waals surface area contributed by atoms with Crippen molar-refractivity contribution in [3.8, 4) is 0 Å². The van der Waals surface area contributed by atoms with Crippen LogP contribution >= 0.6 is 22.9 Å². The summed E-state index contributed by atoms with van der Waals surface area (Å²) in [5, 5.41) is 1.06. The van der Waals surface area contributed by atoms with Crippen molar-refractivity contribution >= 4 is 48.0 Å². The van der Waals surface area contributed by atoms with Crippen LogP contribution < -0.4 is 4.31 Å². The van der Waals surface area contributed by atoms with E-state index in [0.29, 0.717) is 17.5 Å². The third-order valence-electron chi connectivity index (χ3n) is 4.11. The molecule has 0 unspecified atom stereocenters. The number of anilines is 1. The second-order valence-corrected chi connectivity index (χ2v) is 9.53. The van der Waals surface area contributed by atoms with Crippen LogP contribution in [-0.2, 0) is 22.7 Å². The molecule has 1 aromatic heterocycles. The van der Waals surface area contributed by atoms with Gasteiger partial charge in [0.1, 0.15) is 10.8 Å². The molecule has 0 N–H and O–H groups in total. The molecule has 0 spiro atoms. The summed E-state index contributed by atoms with van der Waals surface area (Å²) in [6.07, 6.45) is -4.89. The average Bonchev–Trinajstić information content (AvgIpc) is 2.96. The number of hydrogen-bond acceptors (Lipinski definition) is 3. The third-order valence-corrected chi connectivity index (χ3v) is 7.62. The number of sulfonamides is 1. The van der Waals surface area contributed by atoms with Crippen molar-refractivity contribution < 1.29 is 26.0 Å². The van der Waals surface area contributed by atoms with Crippen LogP contribution in [0.2, 0.25) is 5.02 Å². The zero-order valence-electron chi connectivity index (χ0n) is 14.4. The van der Waals surface area contributed by atoms with Gasteiger partial charge in [-0.3, -0.25) is 4.31 Å². The van der Waals surface area contributed by atoms with Gasteiger partial charge in [-0.05, 0) is 30.7 Å². The van der Waals surface area contributed by atoms with Crippen LogP contribution in [0.3, 0.4) is 0 Å². The lowest BCUT2D eigenvalue weighted by atomic mass is 10.1. The van der Waals surface area contributed by atoms with Crippen LogP contribution in [0.1, 0.15) is 18.1 Å². The molecule has 0 radical (unpaired) electrons. The smallest absolute Gasteiger partial charge is 0.255 e. The zero-order valence-corrected chi connectivity index (χ0v) is 16.8. The maximum Gasteiger partial charge on any atom is 0.419 e. The van der Waals surface area contributed by atoms with E-state index in [1.807, 2.05) is 0 Å². The van der Waals surface area contributed by atoms with Gasteiger partial charge in [0.25, 0.3) is 0 Å². The summed E-state index contributed by atoms with van der Waals surface area (Å²) in [6.45, 7) is 1.03. The molecule has 28 heavy (non-hydrogen) atoms. The number of rotatable bonds is 5. The van der Waals surface area contributed by atoms with E-state index in [9.17, 15) is 26.0 Å². The minimum Gasteiger partial charge on any atom is -0.255 e. The monoisotopic (exact) mass is 451 g/mol. The second-order valence-electron chi connectivity index (χ2n) is 5.94. The second kappa shape index (κ2) is 7.53. The summed E-state index contributed by atoms with van der Waals surface area (Å²) < 4.78 is 79.6. The molecule has 0 bridgehead atoms. The SMILES string of the molecule is CCS(=O)(=O)N(Cc1ccc(F)c(C(F)(F)F)c1)c1sc2ccccc2c1Cl. The van der Waals surface area contributed by atoms with Gasteiger partial charge in [0.05, 0.1) is 22.9 Å². The van der Waals surface area contributed by atoms with Crippen LogP contribution in [0, 0.1) is 5.82 Å². The predicted molar refractivity (Wildman–Crippen MR) is 104 cm³/mol. The molecule has 10 heteroatoms. The van der Waals surface area contributed by atoms with Crippen molar-refractivity contribution in [2.24, 2.45) is 0 Å². The van der Waals surface area contributed by atoms with Gasteiger partial charge in [-0.15, -0.1) is 11.3 Å². The largest absolute Gasteiger partial charge is 0.419 e. The summed E-state index contributed by atoms with van der Waals surface area (Å²) in [4.78, 5) is 0. The van der Waals surface area contributed by atoms with Gasteiger partial charge in [-0.2, -0.15) is 13.2 Å². The maximum atomic E-state index is 13.6. The fourth-order valence-electron chi connectivity index (χ4n) is 2.67. The molecule has 2 aromatic carbocycles. The lowest BCUT2D eigenvalue weighted by Gasteiger charge is -2.23. The first kappa shape index (κ1) is 20.9. The normalized spacial score (nSPS) is 12.5. The first-order valence-electron chi connectivity index (χ1n) is 8.07. The van der Waals surface area contributed by atoms with E-state index < -0.39 is 34.1 Å². The summed E-state index contributed by atoms with van der Waals surface area (Å²) in [5.41, 5.74) is -1.44. The topological polar surface area (TPSA) is 37.4 Å². The van der Waals surface area contributed by atoms with Crippen molar-refractivity contribution in [3.05, 3.63) is 64.4 Å². The van der Waals surface area contributed by atoms with Gasteiger partial charge in [-0.1, -0.05) is 35.9 Å². The Labute approximate surface area is 168 Å². The summed E-state index contributed by atoms with van der Waals surface area (Å²) in [6, 6.07) is 9.45. The fourth-order valence-corrected chi connectivity index (χ4v) is 5.61. The van der Waals surface area contributed by atoms with Crippen molar-refractivity contribution in [2.45, 2.75) is 19.6 Å². The zero-order chi connectivity index (χ0) is 20.7. The quantitative estimate of drug-likeness (QED) is 0.441. The number of fused-ring (bicyclic) bond motifs is 1. The molecule has 0 aliphatic heterocycles. The van der Waals surface area contributed by atoms with E-state index in [2.05, 4.69) is 0 Å². The highest BCUT2D eigenvalue weighted by molar-refractivity contribution is 7.92. The van der Waals surface area contributed by atoms with E-state index in [1.54, 1.807) is 24.3 Å². The Hall–Kier alpha value is -1.84. The lowest BCUT2D eigenvalue weighted by molar-refractivity contribution is -0.140. The highest BCUT2D eigenvalue weighted by atomic mass is 35.5. The molecule has 0 aliphatic rings. The highest BCUT2D eigenvalue weighted by Crippen LogP contribution is 2.43. The molecule has 0 fully saturated rings. The molecule has 0 amide bonds. The maximum absolute atomic E-state index is 13.6. The van der Waals surface area contributed by atoms with E-state index in [1.165, 1.54) is 6.92 Å². The van der Waals surface area contributed by atoms with Gasteiger partial charge in [0.15, 0.2) is 0 Å². The van der Waals surface area contributed by atoms with E-state index in [4.69, 9.17) is 11.6 Å². The Morgan fingerprint density at radius 1 is 1.14 bits per heavy atom. The van der Waals surface area contributed by atoms with Gasteiger partial charge in [0.2, 0.25) is 10.0 Å². The summed E-state index contributed by atoms with van der Waals surface area (Å²) >= 11 is 7.50. The fraction of sp³-hybridized carbons (Fsp3) is 0.222. The van der Waals surface area contributed by atoms with E-state index >= 15 is 0 Å². The van der Waals surface area contributed by atoms with Gasteiger partial charge >= 0.3 is 6.18 Å². The molecular weight excluding hydrogens is 438 g/mol. The summed E-state index contributed by atoms with van der Waals surface area (Å²) in [5.74, 6) is -1.69. The molecule has 3 nitrogen and oxygen atoms in total. The minimum absolute atomic E-state index is 0.000673. The average molecular weight is 452 g/mol. The molecular formula is C18H14ClF4NO2S2. The van der Waals surface area contributed by atoms with Gasteiger partial charge < -0.3 is 0 Å². The molecule has 1 heterocycles. The molecule has 0 aliphatic carbocycles. The number of alkyl halides is 3. The van der Waals surface area contributed by atoms with Crippen LogP contribution in [0.25, 0.3) is 10.1 Å². The molecule has 0 atom stereocenters. The molecule has 0 saturated carbocycles. The first-order chi connectivity index (χ1) is 13.0. The Balaban J connectivity index is 2.11. The number of thiophene rings is 1. The van der Waals surface area contributed by atoms with Gasteiger partial charge in [0, 0.05) is 10.1 Å². The number of nitrogens with zero attached hydrogens (tertiary/aromatic N) is 1. The minimum atomic E-state index is -4.89. The van der Waals surface area contributed by atoms with E-state index in [0.717, 1.165) is 26.4 Å². The predicted octanol–water partition coefficient (Wildman–Crippen LogP) is 6.07. The molecule has 3 rings (SSSR count). The van der Waals surface area contributed by atoms with E-state index in [-0.39, 0.29) is 21.3 Å². The lowest BCUT2D eigenvalue weighted by Crippen LogP contribution is -2.31. The number of halogens is 5. The Bertz CT molecular complexity index is 1130. The molecule has 0 saturated heterocycles. The van der Waals surface area contributed by atoms with Crippen molar-refractivity contribution in [3.63, 3.8) is 0 Å². The summed E-state index contributed by atoms with van der Waals surface area (Å²) in [7, 11) is -3.86. The van der Waals surface area contributed by atoms with Crippen molar-refractivity contribution in [2.75, 3.05) is 10.1 Å². The Kier molecular flexibility index (Phi) is 5.62. The van der Waals surface area contributed by atoms with Crippen LogP contribution in [-0.4, -0.2) is 14.2 Å². The Morgan fingerprint density at radius 3 is 2.43 bits per heavy atom. The highest BCUT2D eigenvalue weighted by Gasteiger charge is 2.35. The van der Waals surface area contributed by atoms with Crippen LogP contribution in [0.5, 0.6) is 0 Å². The first-order valence-corrected chi connectivity index (χ1v) is 10.9. The van der Waals surface area contributed by atoms with Crippen LogP contribution in [0.15, 0.2) is 42.5 Å².